The number of primary amides is 1. The maximum absolute atomic E-state index is 11.0. The Morgan fingerprint density at radius 1 is 1.28 bits per heavy atom. The second kappa shape index (κ2) is 5.00. The highest BCUT2D eigenvalue weighted by molar-refractivity contribution is 6.34. The number of hydrogen-bond acceptors (Lipinski definition) is 3. The Balaban J connectivity index is 2.13. The van der Waals surface area contributed by atoms with Crippen molar-refractivity contribution < 1.29 is 9.59 Å². The molecule has 0 spiro atoms. The standard InChI is InChI=1S/C13H15N3O2/c1-8(15-16-13(18)12(14)17)10-6-5-9-3-2-4-11(9)7-10/h5-7H,2-4H2,1H3,(H2,14,17)(H,16,18)/b15-8-. The van der Waals surface area contributed by atoms with Crippen LogP contribution in [0.25, 0.3) is 0 Å². The molecule has 1 aliphatic carbocycles. The van der Waals surface area contributed by atoms with E-state index in [9.17, 15) is 9.59 Å². The number of hydrogen-bond donors (Lipinski definition) is 2. The molecule has 0 saturated carbocycles. The third-order valence-corrected chi connectivity index (χ3v) is 3.07. The monoisotopic (exact) mass is 245 g/mol. The van der Waals surface area contributed by atoms with E-state index in [0.29, 0.717) is 5.71 Å². The van der Waals surface area contributed by atoms with Gasteiger partial charge in [0.1, 0.15) is 0 Å². The molecule has 0 saturated heterocycles. The van der Waals surface area contributed by atoms with Gasteiger partial charge in [0, 0.05) is 0 Å². The molecule has 0 aromatic heterocycles. The zero-order chi connectivity index (χ0) is 13.1. The molecule has 1 aromatic rings. The van der Waals surface area contributed by atoms with Crippen LogP contribution in [0.2, 0.25) is 0 Å². The van der Waals surface area contributed by atoms with Gasteiger partial charge in [-0.2, -0.15) is 5.10 Å². The lowest BCUT2D eigenvalue weighted by Gasteiger charge is -2.04. The van der Waals surface area contributed by atoms with E-state index in [2.05, 4.69) is 22.7 Å². The van der Waals surface area contributed by atoms with Crippen molar-refractivity contribution in [3.05, 3.63) is 34.9 Å². The van der Waals surface area contributed by atoms with Crippen LogP contribution in [-0.2, 0) is 22.4 Å². The molecule has 18 heavy (non-hydrogen) atoms. The van der Waals surface area contributed by atoms with Crippen molar-refractivity contribution in [1.82, 2.24) is 5.43 Å². The van der Waals surface area contributed by atoms with Crippen molar-refractivity contribution in [2.24, 2.45) is 10.8 Å². The summed E-state index contributed by atoms with van der Waals surface area (Å²) in [7, 11) is 0. The van der Waals surface area contributed by atoms with Crippen LogP contribution < -0.4 is 11.2 Å². The summed E-state index contributed by atoms with van der Waals surface area (Å²) in [5, 5.41) is 3.86. The summed E-state index contributed by atoms with van der Waals surface area (Å²) in [6, 6.07) is 6.14. The van der Waals surface area contributed by atoms with Gasteiger partial charge in [-0.1, -0.05) is 12.1 Å². The Kier molecular flexibility index (Phi) is 3.41. The maximum atomic E-state index is 11.0. The highest BCUT2D eigenvalue weighted by Crippen LogP contribution is 2.22. The molecule has 5 heteroatoms. The van der Waals surface area contributed by atoms with Crippen LogP contribution in [0.15, 0.2) is 23.3 Å². The summed E-state index contributed by atoms with van der Waals surface area (Å²) in [5.41, 5.74) is 11.3. The number of fused-ring (bicyclic) bond motifs is 1. The zero-order valence-electron chi connectivity index (χ0n) is 10.2. The highest BCUT2D eigenvalue weighted by Gasteiger charge is 2.12. The summed E-state index contributed by atoms with van der Waals surface area (Å²) in [6.45, 7) is 1.78. The van der Waals surface area contributed by atoms with Gasteiger partial charge in [0.25, 0.3) is 0 Å². The molecule has 5 nitrogen and oxygen atoms in total. The van der Waals surface area contributed by atoms with E-state index < -0.39 is 11.8 Å². The molecule has 0 radical (unpaired) electrons. The number of aryl methyl sites for hydroxylation is 2. The van der Waals surface area contributed by atoms with Crippen molar-refractivity contribution in [1.29, 1.82) is 0 Å². The first kappa shape index (κ1) is 12.3. The van der Waals surface area contributed by atoms with Gasteiger partial charge < -0.3 is 5.73 Å². The lowest BCUT2D eigenvalue weighted by Crippen LogP contribution is -2.33. The Bertz CT molecular complexity index is 535. The highest BCUT2D eigenvalue weighted by atomic mass is 16.2. The van der Waals surface area contributed by atoms with Gasteiger partial charge in [-0.05, 0) is 48.9 Å². The van der Waals surface area contributed by atoms with Crippen LogP contribution >= 0.6 is 0 Å². The number of rotatable bonds is 2. The summed E-state index contributed by atoms with van der Waals surface area (Å²) in [4.78, 5) is 21.5. The first-order valence-corrected chi connectivity index (χ1v) is 5.84. The van der Waals surface area contributed by atoms with Gasteiger partial charge in [0.05, 0.1) is 5.71 Å². The molecular weight excluding hydrogens is 230 g/mol. The van der Waals surface area contributed by atoms with E-state index in [-0.39, 0.29) is 0 Å². The van der Waals surface area contributed by atoms with Crippen LogP contribution in [0.4, 0.5) is 0 Å². The van der Waals surface area contributed by atoms with Gasteiger partial charge in [0.15, 0.2) is 0 Å². The predicted octanol–water partition coefficient (Wildman–Crippen LogP) is 0.501. The fourth-order valence-corrected chi connectivity index (χ4v) is 2.05. The number of carbonyl (C=O) groups excluding carboxylic acids is 2. The van der Waals surface area contributed by atoms with E-state index in [1.165, 1.54) is 17.5 Å². The number of carbonyl (C=O) groups is 2. The first-order chi connectivity index (χ1) is 8.58. The van der Waals surface area contributed by atoms with E-state index >= 15 is 0 Å². The molecule has 2 rings (SSSR count). The van der Waals surface area contributed by atoms with Crippen molar-refractivity contribution in [3.8, 4) is 0 Å². The van der Waals surface area contributed by atoms with E-state index in [0.717, 1.165) is 18.4 Å². The third-order valence-electron chi connectivity index (χ3n) is 3.07. The molecule has 3 N–H and O–H groups in total. The quantitative estimate of drug-likeness (QED) is 0.452. The third kappa shape index (κ3) is 2.56. The van der Waals surface area contributed by atoms with Gasteiger partial charge in [-0.25, -0.2) is 5.43 Å². The van der Waals surface area contributed by atoms with Crippen molar-refractivity contribution in [2.75, 3.05) is 0 Å². The van der Waals surface area contributed by atoms with Gasteiger partial charge in [0.2, 0.25) is 0 Å². The van der Waals surface area contributed by atoms with Crippen molar-refractivity contribution >= 4 is 17.5 Å². The molecule has 94 valence electrons. The smallest absolute Gasteiger partial charge is 0.329 e. The average molecular weight is 245 g/mol. The summed E-state index contributed by atoms with van der Waals surface area (Å²) >= 11 is 0. The molecule has 0 aliphatic heterocycles. The van der Waals surface area contributed by atoms with Crippen molar-refractivity contribution in [3.63, 3.8) is 0 Å². The molecule has 0 heterocycles. The number of nitrogens with two attached hydrogens (primary N) is 1. The van der Waals surface area contributed by atoms with Gasteiger partial charge in [-0.15, -0.1) is 0 Å². The predicted molar refractivity (Wildman–Crippen MR) is 68.0 cm³/mol. The maximum Gasteiger partial charge on any atom is 0.329 e. The lowest BCUT2D eigenvalue weighted by molar-refractivity contribution is -0.137. The number of nitrogens with zero attached hydrogens (tertiary/aromatic N) is 1. The van der Waals surface area contributed by atoms with E-state index in [1.807, 2.05) is 6.07 Å². The molecule has 0 unspecified atom stereocenters. The SMILES string of the molecule is C/C(=N/NC(=O)C(N)=O)c1ccc2c(c1)CCC2. The largest absolute Gasteiger partial charge is 0.361 e. The van der Waals surface area contributed by atoms with Crippen molar-refractivity contribution in [2.45, 2.75) is 26.2 Å². The fraction of sp³-hybridized carbons (Fsp3) is 0.308. The number of nitrogens with one attached hydrogen (secondary N) is 1. The minimum absolute atomic E-state index is 0.652. The number of amides is 2. The topological polar surface area (TPSA) is 84.6 Å². The minimum atomic E-state index is -1.04. The van der Waals surface area contributed by atoms with E-state index in [1.54, 1.807) is 6.92 Å². The van der Waals surface area contributed by atoms with Crippen LogP contribution in [0.3, 0.4) is 0 Å². The Labute approximate surface area is 105 Å². The molecule has 1 aliphatic rings. The van der Waals surface area contributed by atoms with Gasteiger partial charge in [-0.3, -0.25) is 9.59 Å². The number of hydrazone groups is 1. The van der Waals surface area contributed by atoms with Crippen LogP contribution in [-0.4, -0.2) is 17.5 Å². The average Bonchev–Trinajstić information content (AvgIpc) is 2.82. The van der Waals surface area contributed by atoms with Gasteiger partial charge >= 0.3 is 11.8 Å². The fourth-order valence-electron chi connectivity index (χ4n) is 2.05. The second-order valence-corrected chi connectivity index (χ2v) is 4.34. The number of benzene rings is 1. The zero-order valence-corrected chi connectivity index (χ0v) is 10.2. The molecule has 2 amide bonds. The molecule has 0 bridgehead atoms. The van der Waals surface area contributed by atoms with Crippen LogP contribution in [0.1, 0.15) is 30.0 Å². The Morgan fingerprint density at radius 3 is 2.72 bits per heavy atom. The Hall–Kier alpha value is -2.17. The van der Waals surface area contributed by atoms with Crippen LogP contribution in [0, 0.1) is 0 Å². The summed E-state index contributed by atoms with van der Waals surface area (Å²) in [6.07, 6.45) is 3.40. The van der Waals surface area contributed by atoms with Crippen LogP contribution in [0.5, 0.6) is 0 Å². The lowest BCUT2D eigenvalue weighted by atomic mass is 10.0. The second-order valence-electron chi connectivity index (χ2n) is 4.34. The first-order valence-electron chi connectivity index (χ1n) is 5.84. The summed E-state index contributed by atoms with van der Waals surface area (Å²) in [5.74, 6) is -1.95. The molecule has 0 atom stereocenters. The minimum Gasteiger partial charge on any atom is -0.361 e. The summed E-state index contributed by atoms with van der Waals surface area (Å²) < 4.78 is 0. The normalized spacial score (nSPS) is 14.2. The molecule has 0 fully saturated rings. The Morgan fingerprint density at radius 2 is 2.00 bits per heavy atom. The molecular formula is C13H15N3O2. The van der Waals surface area contributed by atoms with E-state index in [4.69, 9.17) is 5.73 Å². The molecule has 1 aromatic carbocycles.